The zero-order chi connectivity index (χ0) is 23.3. The van der Waals surface area contributed by atoms with Crippen LogP contribution in [0.25, 0.3) is 10.9 Å². The van der Waals surface area contributed by atoms with Gasteiger partial charge in [-0.25, -0.2) is 18.1 Å². The number of pyridine rings is 1. The van der Waals surface area contributed by atoms with E-state index in [4.69, 9.17) is 4.42 Å². The van der Waals surface area contributed by atoms with Crippen molar-refractivity contribution in [3.05, 3.63) is 84.8 Å². The number of para-hydroxylation sites is 1. The van der Waals surface area contributed by atoms with Crippen molar-refractivity contribution in [2.75, 3.05) is 5.32 Å². The normalized spacial score (nSPS) is 12.5. The summed E-state index contributed by atoms with van der Waals surface area (Å²) in [6.45, 7) is 2.00. The largest absolute Gasteiger partial charge is 0.468 e. The molecule has 0 saturated heterocycles. The van der Waals surface area contributed by atoms with Crippen LogP contribution in [0.1, 0.15) is 19.1 Å². The van der Waals surface area contributed by atoms with E-state index in [1.165, 1.54) is 30.2 Å². The third-order valence-electron chi connectivity index (χ3n) is 4.95. The Morgan fingerprint density at radius 3 is 2.55 bits per heavy atom. The fourth-order valence-corrected chi connectivity index (χ4v) is 5.10. The minimum Gasteiger partial charge on any atom is -0.468 e. The average molecular weight is 482 g/mol. The number of hydrogen-bond donors (Lipinski definition) is 2. The van der Waals surface area contributed by atoms with Crippen molar-refractivity contribution in [1.82, 2.24) is 9.71 Å². The molecule has 33 heavy (non-hydrogen) atoms. The molecule has 0 spiro atoms. The summed E-state index contributed by atoms with van der Waals surface area (Å²) in [4.78, 5) is 17.6. The molecule has 0 saturated carbocycles. The molecule has 4 rings (SSSR count). The number of amides is 1. The van der Waals surface area contributed by atoms with Gasteiger partial charge in [-0.05, 0) is 55.0 Å². The molecule has 0 fully saturated rings. The number of rotatable bonds is 9. The standard InChI is InChI=1S/C24H23N3O4S2/c1-2-22(32-23-14-9-17-6-3-4-8-21(17)27-23)24(28)26-18-10-12-20(13-11-18)33(29,30)25-16-19-7-5-15-31-19/h3-15,22,25H,2,16H2,1H3,(H,26,28). The predicted octanol–water partition coefficient (Wildman–Crippen LogP) is 4.82. The lowest BCUT2D eigenvalue weighted by Crippen LogP contribution is -2.25. The number of anilines is 1. The van der Waals surface area contributed by atoms with E-state index < -0.39 is 10.0 Å². The maximum Gasteiger partial charge on any atom is 0.240 e. The second kappa shape index (κ2) is 10.2. The molecule has 9 heteroatoms. The lowest BCUT2D eigenvalue weighted by atomic mass is 10.2. The van der Waals surface area contributed by atoms with Crippen molar-refractivity contribution < 1.29 is 17.6 Å². The summed E-state index contributed by atoms with van der Waals surface area (Å²) in [6.07, 6.45) is 2.10. The van der Waals surface area contributed by atoms with Crippen LogP contribution in [-0.4, -0.2) is 24.6 Å². The maximum atomic E-state index is 12.8. The average Bonchev–Trinajstić information content (AvgIpc) is 3.35. The lowest BCUT2D eigenvalue weighted by Gasteiger charge is -2.15. The first-order valence-electron chi connectivity index (χ1n) is 10.4. The fourth-order valence-electron chi connectivity index (χ4n) is 3.18. The van der Waals surface area contributed by atoms with Crippen LogP contribution in [0, 0.1) is 0 Å². The topological polar surface area (TPSA) is 101 Å². The molecule has 0 radical (unpaired) electrons. The molecule has 170 valence electrons. The van der Waals surface area contributed by atoms with Gasteiger partial charge in [-0.15, -0.1) is 0 Å². The van der Waals surface area contributed by atoms with E-state index in [2.05, 4.69) is 15.0 Å². The Labute approximate surface area is 196 Å². The summed E-state index contributed by atoms with van der Waals surface area (Å²) in [7, 11) is -3.70. The van der Waals surface area contributed by atoms with Gasteiger partial charge in [-0.2, -0.15) is 0 Å². The SMILES string of the molecule is CCC(Sc1ccc2ccccc2n1)C(=O)Nc1ccc(S(=O)(=O)NCc2ccco2)cc1. The van der Waals surface area contributed by atoms with Gasteiger partial charge in [0.15, 0.2) is 0 Å². The molecule has 0 aliphatic heterocycles. The van der Waals surface area contributed by atoms with Crippen LogP contribution >= 0.6 is 11.8 Å². The van der Waals surface area contributed by atoms with Crippen LogP contribution in [0.15, 0.2) is 93.4 Å². The summed E-state index contributed by atoms with van der Waals surface area (Å²) in [6, 6.07) is 21.2. The highest BCUT2D eigenvalue weighted by Gasteiger charge is 2.20. The monoisotopic (exact) mass is 481 g/mol. The Morgan fingerprint density at radius 2 is 1.82 bits per heavy atom. The molecule has 4 aromatic rings. The second-order valence-corrected chi connectivity index (χ2v) is 10.3. The van der Waals surface area contributed by atoms with Crippen LogP contribution in [0.5, 0.6) is 0 Å². The lowest BCUT2D eigenvalue weighted by molar-refractivity contribution is -0.115. The minimum atomic E-state index is -3.70. The van der Waals surface area contributed by atoms with Gasteiger partial charge < -0.3 is 9.73 Å². The van der Waals surface area contributed by atoms with Crippen LogP contribution in [0.4, 0.5) is 5.69 Å². The Kier molecular flexibility index (Phi) is 7.12. The summed E-state index contributed by atoms with van der Waals surface area (Å²) in [5.74, 6) is 0.357. The summed E-state index contributed by atoms with van der Waals surface area (Å²) < 4.78 is 32.6. The first-order chi connectivity index (χ1) is 15.9. The van der Waals surface area contributed by atoms with Crippen LogP contribution in [0.3, 0.4) is 0 Å². The zero-order valence-electron chi connectivity index (χ0n) is 17.9. The van der Waals surface area contributed by atoms with Crippen molar-refractivity contribution in [2.24, 2.45) is 0 Å². The number of carbonyl (C=O) groups is 1. The van der Waals surface area contributed by atoms with Crippen molar-refractivity contribution in [1.29, 1.82) is 0 Å². The number of nitrogens with one attached hydrogen (secondary N) is 2. The van der Waals surface area contributed by atoms with E-state index in [-0.39, 0.29) is 22.6 Å². The predicted molar refractivity (Wildman–Crippen MR) is 129 cm³/mol. The van der Waals surface area contributed by atoms with Crippen molar-refractivity contribution in [3.63, 3.8) is 0 Å². The quantitative estimate of drug-likeness (QED) is 0.333. The van der Waals surface area contributed by atoms with E-state index >= 15 is 0 Å². The number of thioether (sulfide) groups is 1. The Bertz CT molecular complexity index is 1340. The van der Waals surface area contributed by atoms with Gasteiger partial charge in [0.05, 0.1) is 33.5 Å². The number of aromatic nitrogens is 1. The van der Waals surface area contributed by atoms with Crippen LogP contribution in [-0.2, 0) is 21.4 Å². The van der Waals surface area contributed by atoms with Gasteiger partial charge in [-0.1, -0.05) is 43.0 Å². The molecule has 2 aromatic heterocycles. The fraction of sp³-hybridized carbons (Fsp3) is 0.167. The second-order valence-electron chi connectivity index (χ2n) is 7.27. The van der Waals surface area contributed by atoms with E-state index in [1.807, 2.05) is 43.3 Å². The van der Waals surface area contributed by atoms with E-state index in [9.17, 15) is 13.2 Å². The first kappa shape index (κ1) is 23.0. The van der Waals surface area contributed by atoms with Crippen molar-refractivity contribution >= 4 is 44.3 Å². The summed E-state index contributed by atoms with van der Waals surface area (Å²) in [5.41, 5.74) is 1.41. The van der Waals surface area contributed by atoms with E-state index in [0.717, 1.165) is 15.9 Å². The molecule has 7 nitrogen and oxygen atoms in total. The Balaban J connectivity index is 1.39. The summed E-state index contributed by atoms with van der Waals surface area (Å²) >= 11 is 1.41. The third kappa shape index (κ3) is 5.81. The Hall–Kier alpha value is -3.14. The van der Waals surface area contributed by atoms with Gasteiger partial charge in [0, 0.05) is 11.1 Å². The summed E-state index contributed by atoms with van der Waals surface area (Å²) in [5, 5.41) is 4.36. The van der Waals surface area contributed by atoms with Crippen LogP contribution in [0.2, 0.25) is 0 Å². The molecule has 0 bridgehead atoms. The van der Waals surface area contributed by atoms with Gasteiger partial charge >= 0.3 is 0 Å². The highest BCUT2D eigenvalue weighted by atomic mass is 32.2. The molecule has 2 N–H and O–H groups in total. The number of fused-ring (bicyclic) bond motifs is 1. The molecule has 0 aliphatic carbocycles. The highest BCUT2D eigenvalue weighted by Crippen LogP contribution is 2.27. The zero-order valence-corrected chi connectivity index (χ0v) is 19.5. The number of hydrogen-bond acceptors (Lipinski definition) is 6. The molecule has 1 atom stereocenters. The highest BCUT2D eigenvalue weighted by molar-refractivity contribution is 8.00. The first-order valence-corrected chi connectivity index (χ1v) is 12.8. The van der Waals surface area contributed by atoms with Crippen molar-refractivity contribution in [2.45, 2.75) is 35.1 Å². The number of carbonyl (C=O) groups excluding carboxylic acids is 1. The number of benzene rings is 2. The molecule has 1 unspecified atom stereocenters. The van der Waals surface area contributed by atoms with Crippen LogP contribution < -0.4 is 10.0 Å². The van der Waals surface area contributed by atoms with Gasteiger partial charge in [0.25, 0.3) is 0 Å². The third-order valence-corrected chi connectivity index (χ3v) is 7.67. The molecular formula is C24H23N3O4S2. The smallest absolute Gasteiger partial charge is 0.240 e. The van der Waals surface area contributed by atoms with E-state index in [0.29, 0.717) is 17.9 Å². The van der Waals surface area contributed by atoms with Gasteiger partial charge in [0.2, 0.25) is 15.9 Å². The van der Waals surface area contributed by atoms with E-state index in [1.54, 1.807) is 24.3 Å². The van der Waals surface area contributed by atoms with Gasteiger partial charge in [-0.3, -0.25) is 4.79 Å². The molecule has 1 amide bonds. The molecule has 2 aromatic carbocycles. The number of nitrogens with zero attached hydrogens (tertiary/aromatic N) is 1. The maximum absolute atomic E-state index is 12.8. The van der Waals surface area contributed by atoms with Crippen molar-refractivity contribution in [3.8, 4) is 0 Å². The molecular weight excluding hydrogens is 458 g/mol. The minimum absolute atomic E-state index is 0.0615. The van der Waals surface area contributed by atoms with Gasteiger partial charge in [0.1, 0.15) is 5.76 Å². The number of sulfonamides is 1. The Morgan fingerprint density at radius 1 is 1.03 bits per heavy atom. The molecule has 0 aliphatic rings. The molecule has 2 heterocycles. The number of furan rings is 1.